The minimum atomic E-state index is 0.425. The average molecular weight is 250 g/mol. The van der Waals surface area contributed by atoms with Crippen molar-refractivity contribution < 1.29 is 4.42 Å². The van der Waals surface area contributed by atoms with Gasteiger partial charge >= 0.3 is 0 Å². The largest absolute Gasteiger partial charge is 0.468 e. The molecule has 1 aliphatic rings. The Morgan fingerprint density at radius 2 is 2.33 bits per heavy atom. The lowest BCUT2D eigenvalue weighted by Crippen LogP contribution is -2.44. The monoisotopic (exact) mass is 250 g/mol. The molecule has 2 unspecified atom stereocenters. The van der Waals surface area contributed by atoms with Crippen molar-refractivity contribution in [2.24, 2.45) is 0 Å². The molecular weight excluding hydrogens is 224 g/mol. The number of hydrogen-bond donors (Lipinski definition) is 1. The molecule has 18 heavy (non-hydrogen) atoms. The Balaban J connectivity index is 1.97. The Morgan fingerprint density at radius 3 is 2.89 bits per heavy atom. The van der Waals surface area contributed by atoms with Gasteiger partial charge in [0.05, 0.1) is 12.3 Å². The first-order chi connectivity index (χ1) is 8.85. The summed E-state index contributed by atoms with van der Waals surface area (Å²) in [6, 6.07) is 5.17. The van der Waals surface area contributed by atoms with Crippen LogP contribution in [0.5, 0.6) is 0 Å². The highest BCUT2D eigenvalue weighted by atomic mass is 16.3. The van der Waals surface area contributed by atoms with Crippen LogP contribution in [0.25, 0.3) is 0 Å². The third-order valence-corrected chi connectivity index (χ3v) is 3.97. The number of piperidine rings is 1. The number of hydrogen-bond acceptors (Lipinski definition) is 3. The van der Waals surface area contributed by atoms with Crippen molar-refractivity contribution in [3.63, 3.8) is 0 Å². The van der Waals surface area contributed by atoms with Crippen molar-refractivity contribution in [1.82, 2.24) is 10.2 Å². The Morgan fingerprint density at radius 1 is 1.44 bits per heavy atom. The van der Waals surface area contributed by atoms with Crippen molar-refractivity contribution in [2.45, 2.75) is 51.6 Å². The van der Waals surface area contributed by atoms with E-state index in [4.69, 9.17) is 4.42 Å². The molecule has 1 aromatic rings. The van der Waals surface area contributed by atoms with E-state index in [9.17, 15) is 0 Å². The maximum Gasteiger partial charge on any atom is 0.120 e. The third-order valence-electron chi connectivity index (χ3n) is 3.97. The van der Waals surface area contributed by atoms with Crippen LogP contribution in [0.2, 0.25) is 0 Å². The van der Waals surface area contributed by atoms with E-state index in [1.165, 1.54) is 25.8 Å². The highest BCUT2D eigenvalue weighted by Gasteiger charge is 2.23. The van der Waals surface area contributed by atoms with Gasteiger partial charge in [-0.05, 0) is 44.5 Å². The minimum absolute atomic E-state index is 0.425. The molecule has 2 heterocycles. The molecule has 0 aromatic carbocycles. The first kappa shape index (κ1) is 13.6. The molecule has 0 radical (unpaired) electrons. The van der Waals surface area contributed by atoms with Crippen molar-refractivity contribution in [3.8, 4) is 0 Å². The average Bonchev–Trinajstić information content (AvgIpc) is 2.93. The van der Waals surface area contributed by atoms with Crippen molar-refractivity contribution in [2.75, 3.05) is 19.6 Å². The SMILES string of the molecule is CCC(c1ccco1)N(CC)CC1CCCCN1. The lowest BCUT2D eigenvalue weighted by atomic mass is 10.0. The Hall–Kier alpha value is -0.800. The second-order valence-corrected chi connectivity index (χ2v) is 5.17. The summed E-state index contributed by atoms with van der Waals surface area (Å²) >= 11 is 0. The summed E-state index contributed by atoms with van der Waals surface area (Å²) in [4.78, 5) is 2.54. The van der Waals surface area contributed by atoms with Gasteiger partial charge in [0.2, 0.25) is 0 Å². The minimum Gasteiger partial charge on any atom is -0.468 e. The third kappa shape index (κ3) is 3.36. The molecule has 1 N–H and O–H groups in total. The van der Waals surface area contributed by atoms with Crippen LogP contribution in [-0.2, 0) is 0 Å². The van der Waals surface area contributed by atoms with Crippen molar-refractivity contribution >= 4 is 0 Å². The van der Waals surface area contributed by atoms with Gasteiger partial charge in [-0.15, -0.1) is 0 Å². The van der Waals surface area contributed by atoms with E-state index in [1.54, 1.807) is 6.26 Å². The zero-order valence-corrected chi connectivity index (χ0v) is 11.7. The Kier molecular flexibility index (Phi) is 5.26. The summed E-state index contributed by atoms with van der Waals surface area (Å²) in [5.41, 5.74) is 0. The predicted octanol–water partition coefficient (Wildman–Crippen LogP) is 3.19. The maximum atomic E-state index is 5.60. The number of nitrogens with zero attached hydrogens (tertiary/aromatic N) is 1. The van der Waals surface area contributed by atoms with E-state index in [1.807, 2.05) is 6.07 Å². The van der Waals surface area contributed by atoms with E-state index in [-0.39, 0.29) is 0 Å². The van der Waals surface area contributed by atoms with Crippen LogP contribution < -0.4 is 5.32 Å². The number of furan rings is 1. The molecule has 1 aliphatic heterocycles. The van der Waals surface area contributed by atoms with Gasteiger partial charge in [0.25, 0.3) is 0 Å². The van der Waals surface area contributed by atoms with Crippen LogP contribution in [0.15, 0.2) is 22.8 Å². The Bertz CT molecular complexity index is 317. The molecule has 3 heteroatoms. The number of likely N-dealkylation sites (N-methyl/N-ethyl adjacent to an activating group) is 1. The van der Waals surface area contributed by atoms with E-state index in [0.717, 1.165) is 25.3 Å². The molecule has 3 nitrogen and oxygen atoms in total. The standard InChI is InChI=1S/C15H26N2O/c1-3-14(15-9-7-11-18-15)17(4-2)12-13-8-5-6-10-16-13/h7,9,11,13-14,16H,3-6,8,10,12H2,1-2H3. The summed E-state index contributed by atoms with van der Waals surface area (Å²) in [7, 11) is 0. The molecule has 2 rings (SSSR count). The lowest BCUT2D eigenvalue weighted by Gasteiger charge is -2.34. The van der Waals surface area contributed by atoms with Gasteiger partial charge in [0.1, 0.15) is 5.76 Å². The van der Waals surface area contributed by atoms with Crippen LogP contribution in [-0.4, -0.2) is 30.6 Å². The second kappa shape index (κ2) is 6.95. The molecule has 0 bridgehead atoms. The first-order valence-electron chi connectivity index (χ1n) is 7.36. The predicted molar refractivity (Wildman–Crippen MR) is 74.6 cm³/mol. The fraction of sp³-hybridized carbons (Fsp3) is 0.733. The van der Waals surface area contributed by atoms with Gasteiger partial charge in [-0.3, -0.25) is 4.90 Å². The fourth-order valence-electron chi connectivity index (χ4n) is 2.96. The molecule has 0 amide bonds. The van der Waals surface area contributed by atoms with Crippen LogP contribution in [0.3, 0.4) is 0 Å². The van der Waals surface area contributed by atoms with Crippen LogP contribution >= 0.6 is 0 Å². The first-order valence-corrected chi connectivity index (χ1v) is 7.36. The van der Waals surface area contributed by atoms with E-state index >= 15 is 0 Å². The molecule has 102 valence electrons. The molecular formula is C15H26N2O. The highest BCUT2D eigenvalue weighted by molar-refractivity contribution is 5.04. The summed E-state index contributed by atoms with van der Waals surface area (Å²) in [6.07, 6.45) is 6.90. The second-order valence-electron chi connectivity index (χ2n) is 5.17. The lowest BCUT2D eigenvalue weighted by molar-refractivity contribution is 0.152. The molecule has 1 fully saturated rings. The summed E-state index contributed by atoms with van der Waals surface area (Å²) in [5, 5.41) is 3.64. The summed E-state index contributed by atoms with van der Waals surface area (Å²) < 4.78 is 5.60. The van der Waals surface area contributed by atoms with E-state index in [2.05, 4.69) is 30.1 Å². The fourth-order valence-corrected chi connectivity index (χ4v) is 2.96. The summed E-state index contributed by atoms with van der Waals surface area (Å²) in [6.45, 7) is 7.88. The van der Waals surface area contributed by atoms with Gasteiger partial charge in [0.15, 0.2) is 0 Å². The van der Waals surface area contributed by atoms with Gasteiger partial charge in [-0.2, -0.15) is 0 Å². The smallest absolute Gasteiger partial charge is 0.120 e. The molecule has 0 saturated carbocycles. The van der Waals surface area contributed by atoms with Gasteiger partial charge < -0.3 is 9.73 Å². The number of nitrogens with one attached hydrogen (secondary N) is 1. The maximum absolute atomic E-state index is 5.60. The van der Waals surface area contributed by atoms with E-state index in [0.29, 0.717) is 12.1 Å². The topological polar surface area (TPSA) is 28.4 Å². The molecule has 0 spiro atoms. The van der Waals surface area contributed by atoms with Crippen molar-refractivity contribution in [1.29, 1.82) is 0 Å². The normalized spacial score (nSPS) is 22.3. The Labute approximate surface area is 111 Å². The van der Waals surface area contributed by atoms with Crippen LogP contribution in [0, 0.1) is 0 Å². The molecule has 1 saturated heterocycles. The van der Waals surface area contributed by atoms with Gasteiger partial charge in [0, 0.05) is 12.6 Å². The van der Waals surface area contributed by atoms with Crippen molar-refractivity contribution in [3.05, 3.63) is 24.2 Å². The molecule has 2 atom stereocenters. The summed E-state index contributed by atoms with van der Waals surface area (Å²) in [5.74, 6) is 1.11. The van der Waals surface area contributed by atoms with Crippen LogP contribution in [0.1, 0.15) is 51.3 Å². The highest BCUT2D eigenvalue weighted by Crippen LogP contribution is 2.25. The molecule has 1 aromatic heterocycles. The van der Waals surface area contributed by atoms with Crippen LogP contribution in [0.4, 0.5) is 0 Å². The quantitative estimate of drug-likeness (QED) is 0.840. The van der Waals surface area contributed by atoms with Gasteiger partial charge in [-0.25, -0.2) is 0 Å². The molecule has 0 aliphatic carbocycles. The van der Waals surface area contributed by atoms with E-state index < -0.39 is 0 Å². The van der Waals surface area contributed by atoms with Gasteiger partial charge in [-0.1, -0.05) is 20.3 Å². The number of rotatable bonds is 6. The zero-order chi connectivity index (χ0) is 12.8. The zero-order valence-electron chi connectivity index (χ0n) is 11.7.